The minimum Gasteiger partial charge on any atom is -0.377 e. The normalized spacial score (nSPS) is 19.2. The predicted molar refractivity (Wildman–Crippen MR) is 135 cm³/mol. The lowest BCUT2D eigenvalue weighted by atomic mass is 9.86. The number of hydrogen-bond donors (Lipinski definition) is 1. The van der Waals surface area contributed by atoms with Crippen molar-refractivity contribution in [2.75, 3.05) is 13.1 Å². The summed E-state index contributed by atoms with van der Waals surface area (Å²) in [5.74, 6) is 0.805. The van der Waals surface area contributed by atoms with Crippen molar-refractivity contribution in [3.05, 3.63) is 77.3 Å². The minimum absolute atomic E-state index is 0.0492. The zero-order valence-corrected chi connectivity index (χ0v) is 20.8. The maximum absolute atomic E-state index is 12.6. The Morgan fingerprint density at radius 1 is 1.31 bits per heavy atom. The van der Waals surface area contributed by atoms with E-state index in [1.807, 2.05) is 12.4 Å². The van der Waals surface area contributed by atoms with E-state index in [0.29, 0.717) is 18.4 Å². The molecule has 1 N–H and O–H groups in total. The molecule has 1 atom stereocenters. The van der Waals surface area contributed by atoms with Gasteiger partial charge in [0.2, 0.25) is 5.89 Å². The molecule has 0 radical (unpaired) electrons. The van der Waals surface area contributed by atoms with Crippen LogP contribution in [0, 0.1) is 6.92 Å². The van der Waals surface area contributed by atoms with Crippen molar-refractivity contribution in [3.63, 3.8) is 0 Å². The molecule has 7 heteroatoms. The van der Waals surface area contributed by atoms with E-state index in [0.717, 1.165) is 37.1 Å². The van der Waals surface area contributed by atoms with Gasteiger partial charge in [-0.3, -0.25) is 9.78 Å². The van der Waals surface area contributed by atoms with Crippen LogP contribution in [0.5, 0.6) is 0 Å². The van der Waals surface area contributed by atoms with Crippen LogP contribution in [0.4, 0.5) is 0 Å². The third kappa shape index (κ3) is 4.99. The number of pyridine rings is 1. The molecule has 35 heavy (non-hydrogen) atoms. The highest BCUT2D eigenvalue weighted by molar-refractivity contribution is 5.90. The van der Waals surface area contributed by atoms with Crippen LogP contribution in [-0.4, -0.2) is 39.0 Å². The maximum atomic E-state index is 12.6. The molecule has 2 aliphatic rings. The lowest BCUT2D eigenvalue weighted by molar-refractivity contribution is 0.0937. The van der Waals surface area contributed by atoms with Gasteiger partial charge < -0.3 is 14.7 Å². The van der Waals surface area contributed by atoms with Crippen molar-refractivity contribution in [3.8, 4) is 11.1 Å². The Kier molecular flexibility index (Phi) is 6.41. The van der Waals surface area contributed by atoms with E-state index in [4.69, 9.17) is 4.52 Å². The van der Waals surface area contributed by atoms with E-state index in [9.17, 15) is 4.79 Å². The Bertz CT molecular complexity index is 1240. The topological polar surface area (TPSA) is 84.2 Å². The standard InChI is InChI=1S/C28H33N5O2/c1-4-13-33-14-5-6-22(18-33)24-17-29-12-9-23(24)20-7-8-21(19(2)15-20)16-30-26(34)25-31-27(35-32-25)28(3)10-11-28/h4,7-9,12-13,15,17,22H,5-6,10-11,14,16,18H2,1-3H3,(H,30,34)/t22-/m1/s1. The summed E-state index contributed by atoms with van der Waals surface area (Å²) in [5.41, 5.74) is 5.86. The number of hydrogen-bond acceptors (Lipinski definition) is 6. The summed E-state index contributed by atoms with van der Waals surface area (Å²) < 4.78 is 5.30. The summed E-state index contributed by atoms with van der Waals surface area (Å²) in [6.07, 6.45) is 12.6. The lowest BCUT2D eigenvalue weighted by Crippen LogP contribution is -2.30. The van der Waals surface area contributed by atoms with Crippen molar-refractivity contribution < 1.29 is 9.32 Å². The quantitative estimate of drug-likeness (QED) is 0.514. The summed E-state index contributed by atoms with van der Waals surface area (Å²) in [4.78, 5) is 23.7. The van der Waals surface area contributed by atoms with Crippen LogP contribution in [0.2, 0.25) is 0 Å². The van der Waals surface area contributed by atoms with E-state index in [1.165, 1.54) is 29.5 Å². The van der Waals surface area contributed by atoms with Gasteiger partial charge in [-0.15, -0.1) is 0 Å². The van der Waals surface area contributed by atoms with Crippen LogP contribution in [0.3, 0.4) is 0 Å². The first-order valence-electron chi connectivity index (χ1n) is 12.5. The molecule has 2 aromatic heterocycles. The number of aromatic nitrogens is 3. The van der Waals surface area contributed by atoms with Gasteiger partial charge in [0.25, 0.3) is 11.7 Å². The van der Waals surface area contributed by atoms with Gasteiger partial charge in [0.05, 0.1) is 0 Å². The number of nitrogens with one attached hydrogen (secondary N) is 1. The van der Waals surface area contributed by atoms with Gasteiger partial charge in [0.1, 0.15) is 0 Å². The second-order valence-electron chi connectivity index (χ2n) is 10.1. The van der Waals surface area contributed by atoms with Crippen LogP contribution in [-0.2, 0) is 12.0 Å². The fraction of sp³-hybridized carbons (Fsp3) is 0.429. The molecule has 0 unspecified atom stereocenters. The van der Waals surface area contributed by atoms with Crippen molar-refractivity contribution in [2.45, 2.75) is 64.3 Å². The number of carbonyl (C=O) groups excluding carboxylic acids is 1. The molecule has 0 spiro atoms. The van der Waals surface area contributed by atoms with Crippen LogP contribution in [0.1, 0.15) is 78.6 Å². The number of allylic oxidation sites excluding steroid dienone is 1. The Morgan fingerprint density at radius 3 is 2.94 bits per heavy atom. The monoisotopic (exact) mass is 471 g/mol. The van der Waals surface area contributed by atoms with Gasteiger partial charge in [-0.25, -0.2) is 0 Å². The van der Waals surface area contributed by atoms with Crippen LogP contribution in [0.15, 0.2) is 53.5 Å². The van der Waals surface area contributed by atoms with Gasteiger partial charge in [0.15, 0.2) is 0 Å². The molecule has 1 aliphatic carbocycles. The van der Waals surface area contributed by atoms with E-state index < -0.39 is 0 Å². The molecule has 182 valence electrons. The van der Waals surface area contributed by atoms with Crippen molar-refractivity contribution in [1.29, 1.82) is 0 Å². The van der Waals surface area contributed by atoms with Gasteiger partial charge >= 0.3 is 0 Å². The summed E-state index contributed by atoms with van der Waals surface area (Å²) in [6, 6.07) is 8.55. The van der Waals surface area contributed by atoms with Gasteiger partial charge in [0, 0.05) is 43.4 Å². The summed E-state index contributed by atoms with van der Waals surface area (Å²) in [6.45, 7) is 8.77. The number of piperidine rings is 1. The van der Waals surface area contributed by atoms with Gasteiger partial charge in [-0.05, 0) is 79.6 Å². The van der Waals surface area contributed by atoms with Crippen LogP contribution < -0.4 is 5.32 Å². The highest BCUT2D eigenvalue weighted by Gasteiger charge is 2.44. The highest BCUT2D eigenvalue weighted by Crippen LogP contribution is 2.46. The van der Waals surface area contributed by atoms with E-state index in [-0.39, 0.29) is 17.1 Å². The molecule has 3 aromatic rings. The third-order valence-electron chi connectivity index (χ3n) is 7.34. The molecule has 5 rings (SSSR count). The van der Waals surface area contributed by atoms with E-state index >= 15 is 0 Å². The predicted octanol–water partition coefficient (Wildman–Crippen LogP) is 5.13. The fourth-order valence-electron chi connectivity index (χ4n) is 4.88. The van der Waals surface area contributed by atoms with Crippen molar-refractivity contribution >= 4 is 5.91 Å². The highest BCUT2D eigenvalue weighted by atomic mass is 16.5. The Hall–Kier alpha value is -3.48. The molecular formula is C28H33N5O2. The number of likely N-dealkylation sites (tertiary alicyclic amines) is 1. The Morgan fingerprint density at radius 2 is 2.17 bits per heavy atom. The molecule has 2 fully saturated rings. The molecule has 7 nitrogen and oxygen atoms in total. The molecule has 3 heterocycles. The molecule has 1 aliphatic heterocycles. The minimum atomic E-state index is -0.313. The van der Waals surface area contributed by atoms with Crippen molar-refractivity contribution in [1.82, 2.24) is 25.3 Å². The van der Waals surface area contributed by atoms with E-state index in [2.05, 4.69) is 82.7 Å². The summed E-state index contributed by atoms with van der Waals surface area (Å²) in [7, 11) is 0. The third-order valence-corrected chi connectivity index (χ3v) is 7.34. The lowest BCUT2D eigenvalue weighted by Gasteiger charge is -2.33. The molecule has 1 saturated carbocycles. The maximum Gasteiger partial charge on any atom is 0.292 e. The average molecular weight is 472 g/mol. The molecule has 1 aromatic carbocycles. The SMILES string of the molecule is CC=CN1CCC[C@@H](c2cnccc2-c2ccc(CNC(=O)c3noc(C4(C)CC4)n3)c(C)c2)C1. The number of amides is 1. The van der Waals surface area contributed by atoms with Gasteiger partial charge in [-0.2, -0.15) is 4.98 Å². The molecule has 0 bridgehead atoms. The Balaban J connectivity index is 1.29. The molecule has 1 amide bonds. The van der Waals surface area contributed by atoms with Crippen LogP contribution >= 0.6 is 0 Å². The first kappa shape index (κ1) is 23.3. The second kappa shape index (κ2) is 9.64. The van der Waals surface area contributed by atoms with E-state index in [1.54, 1.807) is 0 Å². The number of carbonyl (C=O) groups is 1. The number of aryl methyl sites for hydroxylation is 1. The van der Waals surface area contributed by atoms with Crippen LogP contribution in [0.25, 0.3) is 11.1 Å². The average Bonchev–Trinajstić information content (AvgIpc) is 3.41. The number of rotatable bonds is 7. The van der Waals surface area contributed by atoms with Crippen molar-refractivity contribution in [2.24, 2.45) is 0 Å². The largest absolute Gasteiger partial charge is 0.377 e. The molecular weight excluding hydrogens is 438 g/mol. The molecule has 1 saturated heterocycles. The Labute approximate surface area is 206 Å². The smallest absolute Gasteiger partial charge is 0.292 e. The summed E-state index contributed by atoms with van der Waals surface area (Å²) >= 11 is 0. The number of benzene rings is 1. The number of nitrogens with zero attached hydrogens (tertiary/aromatic N) is 4. The summed E-state index contributed by atoms with van der Waals surface area (Å²) in [5, 5.41) is 6.80. The fourth-order valence-corrected chi connectivity index (χ4v) is 4.88. The van der Waals surface area contributed by atoms with Gasteiger partial charge in [-0.1, -0.05) is 36.4 Å². The first-order chi connectivity index (χ1) is 17.0. The zero-order chi connectivity index (χ0) is 24.4. The zero-order valence-electron chi connectivity index (χ0n) is 20.8. The first-order valence-corrected chi connectivity index (χ1v) is 12.5. The second-order valence-corrected chi connectivity index (χ2v) is 10.1.